The summed E-state index contributed by atoms with van der Waals surface area (Å²) in [4.78, 5) is 5.01. The van der Waals surface area contributed by atoms with Crippen LogP contribution in [0.5, 0.6) is 0 Å². The minimum absolute atomic E-state index is 0.795. The molecule has 28 heavy (non-hydrogen) atoms. The molecule has 0 fully saturated rings. The van der Waals surface area contributed by atoms with Crippen molar-refractivity contribution in [3.05, 3.63) is 76.3 Å². The van der Waals surface area contributed by atoms with Gasteiger partial charge in [0.15, 0.2) is 5.82 Å². The summed E-state index contributed by atoms with van der Waals surface area (Å²) in [6, 6.07) is 16.7. The van der Waals surface area contributed by atoms with E-state index in [-0.39, 0.29) is 0 Å². The Bertz CT molecular complexity index is 997. The third kappa shape index (κ3) is 4.50. The van der Waals surface area contributed by atoms with Gasteiger partial charge in [0.1, 0.15) is 5.36 Å². The van der Waals surface area contributed by atoms with Crippen LogP contribution in [0.15, 0.2) is 53.5 Å². The molecule has 0 saturated carbocycles. The second-order valence-electron chi connectivity index (χ2n) is 7.29. The number of nitrogens with one attached hydrogen (secondary N) is 1. The Balaban J connectivity index is 2.20. The second-order valence-corrected chi connectivity index (χ2v) is 7.29. The highest BCUT2D eigenvalue weighted by molar-refractivity contribution is 5.57. The third-order valence-electron chi connectivity index (χ3n) is 4.93. The molecule has 3 rings (SSSR count). The lowest BCUT2D eigenvalue weighted by Crippen LogP contribution is -2.24. The molecule has 3 aromatic rings. The zero-order chi connectivity index (χ0) is 20.1. The molecule has 0 aliphatic heterocycles. The van der Waals surface area contributed by atoms with Gasteiger partial charge in [0.25, 0.3) is 0 Å². The van der Waals surface area contributed by atoms with E-state index in [1.807, 2.05) is 11.7 Å². The van der Waals surface area contributed by atoms with Gasteiger partial charge in [0.05, 0.1) is 5.69 Å². The van der Waals surface area contributed by atoms with Gasteiger partial charge in [0.2, 0.25) is 0 Å². The maximum atomic E-state index is 5.01. The fourth-order valence-electron chi connectivity index (χ4n) is 3.38. The van der Waals surface area contributed by atoms with Gasteiger partial charge in [0, 0.05) is 24.0 Å². The largest absolute Gasteiger partial charge is 0.337 e. The number of nitrogens with zero attached hydrogens (tertiary/aromatic N) is 3. The van der Waals surface area contributed by atoms with E-state index in [2.05, 4.69) is 81.5 Å². The summed E-state index contributed by atoms with van der Waals surface area (Å²) in [6.45, 7) is 8.58. The van der Waals surface area contributed by atoms with Crippen molar-refractivity contribution in [3.63, 3.8) is 0 Å². The van der Waals surface area contributed by atoms with E-state index in [1.54, 1.807) is 0 Å². The SMILES string of the molecule is CCCc1c(CC)c(=Nc2ccc(C)cc2)c(Nc2ccc(C)cc2)nn1C. The lowest BCUT2D eigenvalue weighted by atomic mass is 10.1. The van der Waals surface area contributed by atoms with Crippen LogP contribution in [0.1, 0.15) is 42.7 Å². The topological polar surface area (TPSA) is 42.2 Å². The van der Waals surface area contributed by atoms with Crippen LogP contribution < -0.4 is 10.7 Å². The smallest absolute Gasteiger partial charge is 0.177 e. The lowest BCUT2D eigenvalue weighted by molar-refractivity contribution is 0.653. The zero-order valence-electron chi connectivity index (χ0n) is 17.6. The Morgan fingerprint density at radius 1 is 0.929 bits per heavy atom. The van der Waals surface area contributed by atoms with E-state index < -0.39 is 0 Å². The first-order valence-corrected chi connectivity index (χ1v) is 10.1. The highest BCUT2D eigenvalue weighted by atomic mass is 15.3. The Hall–Kier alpha value is -2.88. The van der Waals surface area contributed by atoms with Gasteiger partial charge in [-0.25, -0.2) is 4.99 Å². The van der Waals surface area contributed by atoms with Crippen LogP contribution in [0.3, 0.4) is 0 Å². The highest BCUT2D eigenvalue weighted by Crippen LogP contribution is 2.18. The molecule has 0 amide bonds. The number of hydrogen-bond donors (Lipinski definition) is 1. The molecule has 4 nitrogen and oxygen atoms in total. The van der Waals surface area contributed by atoms with E-state index in [9.17, 15) is 0 Å². The van der Waals surface area contributed by atoms with Crippen LogP contribution in [-0.4, -0.2) is 9.78 Å². The molecule has 1 heterocycles. The average Bonchev–Trinajstić information content (AvgIpc) is 2.69. The standard InChI is InChI=1S/C24H30N4/c1-6-8-22-21(7-2)23(25-19-13-9-17(3)10-14-19)24(27-28(22)5)26-20-15-11-18(4)12-16-20/h9-16H,6-8H2,1-5H3,(H,26,27). The number of hydrogen-bond acceptors (Lipinski definition) is 3. The van der Waals surface area contributed by atoms with Crippen LogP contribution in [-0.2, 0) is 19.9 Å². The summed E-state index contributed by atoms with van der Waals surface area (Å²) in [6.07, 6.45) is 2.99. The van der Waals surface area contributed by atoms with E-state index >= 15 is 0 Å². The first kappa shape index (κ1) is 19.9. The fourth-order valence-corrected chi connectivity index (χ4v) is 3.38. The summed E-state index contributed by atoms with van der Waals surface area (Å²) < 4.78 is 2.01. The predicted octanol–water partition coefficient (Wildman–Crippen LogP) is 5.53. The maximum absolute atomic E-state index is 5.01. The van der Waals surface area contributed by atoms with Crippen molar-refractivity contribution < 1.29 is 0 Å². The molecule has 0 radical (unpaired) electrons. The Morgan fingerprint density at radius 3 is 2.11 bits per heavy atom. The lowest BCUT2D eigenvalue weighted by Gasteiger charge is -2.17. The summed E-state index contributed by atoms with van der Waals surface area (Å²) in [7, 11) is 2.03. The van der Waals surface area contributed by atoms with E-state index in [0.717, 1.165) is 41.8 Å². The number of rotatable bonds is 6. The van der Waals surface area contributed by atoms with Crippen LogP contribution in [0.4, 0.5) is 17.2 Å². The number of aryl methyl sites for hydroxylation is 3. The summed E-state index contributed by atoms with van der Waals surface area (Å²) in [5.41, 5.74) is 6.95. The van der Waals surface area contributed by atoms with Gasteiger partial charge < -0.3 is 5.32 Å². The van der Waals surface area contributed by atoms with Gasteiger partial charge in [-0.2, -0.15) is 5.10 Å². The minimum Gasteiger partial charge on any atom is -0.337 e. The molecular weight excluding hydrogens is 344 g/mol. The molecule has 2 aromatic carbocycles. The molecule has 146 valence electrons. The van der Waals surface area contributed by atoms with Crippen molar-refractivity contribution in [2.75, 3.05) is 5.32 Å². The fraction of sp³-hybridized carbons (Fsp3) is 0.333. The van der Waals surface area contributed by atoms with Crippen LogP contribution >= 0.6 is 0 Å². The molecule has 0 unspecified atom stereocenters. The van der Waals surface area contributed by atoms with Gasteiger partial charge >= 0.3 is 0 Å². The predicted molar refractivity (Wildman–Crippen MR) is 117 cm³/mol. The summed E-state index contributed by atoms with van der Waals surface area (Å²) in [5, 5.41) is 9.27. The quantitative estimate of drug-likeness (QED) is 0.616. The van der Waals surface area contributed by atoms with Crippen LogP contribution in [0.2, 0.25) is 0 Å². The van der Waals surface area contributed by atoms with Gasteiger partial charge in [-0.3, -0.25) is 4.68 Å². The molecule has 4 heteroatoms. The van der Waals surface area contributed by atoms with Crippen molar-refractivity contribution in [2.45, 2.75) is 47.0 Å². The molecule has 0 aliphatic carbocycles. The van der Waals surface area contributed by atoms with Crippen molar-refractivity contribution in [1.29, 1.82) is 0 Å². The first-order valence-electron chi connectivity index (χ1n) is 10.1. The van der Waals surface area contributed by atoms with Crippen molar-refractivity contribution >= 4 is 17.2 Å². The Labute approximate surface area is 168 Å². The molecule has 0 aliphatic rings. The van der Waals surface area contributed by atoms with Gasteiger partial charge in [-0.15, -0.1) is 0 Å². The molecule has 0 atom stereocenters. The summed E-state index contributed by atoms with van der Waals surface area (Å²) in [5.74, 6) is 0.795. The van der Waals surface area contributed by atoms with E-state index in [1.165, 1.54) is 22.4 Å². The Morgan fingerprint density at radius 2 is 1.54 bits per heavy atom. The molecule has 0 bridgehead atoms. The Kier molecular flexibility index (Phi) is 6.30. The van der Waals surface area contributed by atoms with Crippen LogP contribution in [0, 0.1) is 13.8 Å². The maximum Gasteiger partial charge on any atom is 0.177 e. The minimum atomic E-state index is 0.795. The zero-order valence-corrected chi connectivity index (χ0v) is 17.6. The van der Waals surface area contributed by atoms with Crippen molar-refractivity contribution in [2.24, 2.45) is 12.0 Å². The molecule has 1 N–H and O–H groups in total. The average molecular weight is 375 g/mol. The molecular formula is C24H30N4. The summed E-state index contributed by atoms with van der Waals surface area (Å²) >= 11 is 0. The van der Waals surface area contributed by atoms with Crippen LogP contribution in [0.25, 0.3) is 0 Å². The molecule has 1 aromatic heterocycles. The van der Waals surface area contributed by atoms with Crippen molar-refractivity contribution in [1.82, 2.24) is 9.78 Å². The highest BCUT2D eigenvalue weighted by Gasteiger charge is 2.13. The third-order valence-corrected chi connectivity index (χ3v) is 4.93. The van der Waals surface area contributed by atoms with Crippen molar-refractivity contribution in [3.8, 4) is 0 Å². The number of benzene rings is 2. The number of aromatic nitrogens is 2. The monoisotopic (exact) mass is 374 g/mol. The first-order chi connectivity index (χ1) is 13.5. The molecule has 0 saturated heterocycles. The van der Waals surface area contributed by atoms with E-state index in [0.29, 0.717) is 0 Å². The second kappa shape index (κ2) is 8.87. The van der Waals surface area contributed by atoms with Gasteiger partial charge in [-0.1, -0.05) is 55.7 Å². The molecule has 0 spiro atoms. The van der Waals surface area contributed by atoms with E-state index in [4.69, 9.17) is 10.1 Å². The number of anilines is 2. The normalized spacial score (nSPS) is 11.7. The van der Waals surface area contributed by atoms with Gasteiger partial charge in [-0.05, 0) is 51.0 Å².